The monoisotopic (exact) mass is 182 g/mol. The third-order valence-electron chi connectivity index (χ3n) is 2.24. The molecule has 0 aromatic carbocycles. The molecule has 2 nitrogen and oxygen atoms in total. The molecule has 0 amide bonds. The minimum Gasteiger partial charge on any atom is -0.315 e. The number of rotatable bonds is 1. The highest BCUT2D eigenvalue weighted by Crippen LogP contribution is 2.26. The second-order valence-corrected chi connectivity index (χ2v) is 3.61. The van der Waals surface area contributed by atoms with Crippen molar-refractivity contribution in [2.45, 2.75) is 12.8 Å². The van der Waals surface area contributed by atoms with Gasteiger partial charge in [-0.15, -0.1) is 0 Å². The minimum atomic E-state index is 0.575. The second kappa shape index (κ2) is 3.04. The summed E-state index contributed by atoms with van der Waals surface area (Å²) < 4.78 is 0. The van der Waals surface area contributed by atoms with Crippen molar-refractivity contribution in [3.8, 4) is 0 Å². The number of hydrogen-bond donors (Lipinski definition) is 1. The molecule has 0 aliphatic carbocycles. The van der Waals surface area contributed by atoms with Gasteiger partial charge in [-0.1, -0.05) is 11.6 Å². The van der Waals surface area contributed by atoms with Gasteiger partial charge in [0.05, 0.1) is 0 Å². The Balaban J connectivity index is 2.31. The van der Waals surface area contributed by atoms with E-state index in [1.807, 2.05) is 19.2 Å². The smallest absolute Gasteiger partial charge is 0.0475 e. The summed E-state index contributed by atoms with van der Waals surface area (Å²) in [7, 11) is 0. The van der Waals surface area contributed by atoms with E-state index in [1.165, 1.54) is 5.56 Å². The van der Waals surface area contributed by atoms with Crippen LogP contribution in [0.25, 0.3) is 0 Å². The fourth-order valence-corrected chi connectivity index (χ4v) is 1.71. The van der Waals surface area contributed by atoms with E-state index in [1.54, 1.807) is 0 Å². The van der Waals surface area contributed by atoms with Crippen LogP contribution in [0.1, 0.15) is 17.2 Å². The molecule has 0 radical (unpaired) electrons. The maximum atomic E-state index is 6.07. The van der Waals surface area contributed by atoms with Gasteiger partial charge in [0.25, 0.3) is 0 Å². The fraction of sp³-hybridized carbons (Fsp3) is 0.444. The average molecular weight is 183 g/mol. The van der Waals surface area contributed by atoms with Crippen molar-refractivity contribution in [3.05, 3.63) is 28.5 Å². The van der Waals surface area contributed by atoms with Crippen LogP contribution in [-0.2, 0) is 0 Å². The van der Waals surface area contributed by atoms with E-state index in [9.17, 15) is 0 Å². The van der Waals surface area contributed by atoms with Gasteiger partial charge in [0.1, 0.15) is 0 Å². The van der Waals surface area contributed by atoms with E-state index in [0.29, 0.717) is 5.92 Å². The molecule has 64 valence electrons. The van der Waals surface area contributed by atoms with Gasteiger partial charge in [-0.2, -0.15) is 0 Å². The van der Waals surface area contributed by atoms with Crippen LogP contribution in [0.5, 0.6) is 0 Å². The molecule has 1 saturated heterocycles. The van der Waals surface area contributed by atoms with Crippen LogP contribution in [0.2, 0.25) is 5.02 Å². The molecule has 1 aliphatic heterocycles. The summed E-state index contributed by atoms with van der Waals surface area (Å²) in [6.07, 6.45) is 1.89. The molecule has 1 aliphatic rings. The third-order valence-corrected chi connectivity index (χ3v) is 2.57. The summed E-state index contributed by atoms with van der Waals surface area (Å²) in [5, 5.41) is 4.07. The van der Waals surface area contributed by atoms with Crippen molar-refractivity contribution in [2.75, 3.05) is 13.1 Å². The largest absolute Gasteiger partial charge is 0.315 e. The average Bonchev–Trinajstić information content (AvgIpc) is 1.91. The first kappa shape index (κ1) is 8.02. The predicted molar refractivity (Wildman–Crippen MR) is 49.6 cm³/mol. The van der Waals surface area contributed by atoms with Crippen LogP contribution in [0.3, 0.4) is 0 Å². The molecule has 0 saturated carbocycles. The molecule has 0 bridgehead atoms. The van der Waals surface area contributed by atoms with Crippen molar-refractivity contribution in [2.24, 2.45) is 0 Å². The van der Waals surface area contributed by atoms with Crippen molar-refractivity contribution in [3.63, 3.8) is 0 Å². The molecular weight excluding hydrogens is 172 g/mol. The molecular formula is C9H11ClN2. The number of aromatic nitrogens is 1. The molecule has 3 heteroatoms. The lowest BCUT2D eigenvalue weighted by Gasteiger charge is -2.27. The summed E-state index contributed by atoms with van der Waals surface area (Å²) in [6, 6.07) is 1.93. The maximum Gasteiger partial charge on any atom is 0.0475 e. The Morgan fingerprint density at radius 3 is 2.83 bits per heavy atom. The van der Waals surface area contributed by atoms with Crippen LogP contribution >= 0.6 is 11.6 Å². The number of nitrogens with zero attached hydrogens (tertiary/aromatic N) is 1. The fourth-order valence-electron chi connectivity index (χ4n) is 1.35. The van der Waals surface area contributed by atoms with Crippen LogP contribution in [-0.4, -0.2) is 18.1 Å². The van der Waals surface area contributed by atoms with Crippen molar-refractivity contribution < 1.29 is 0 Å². The predicted octanol–water partition coefficient (Wildman–Crippen LogP) is 1.73. The Hall–Kier alpha value is -0.600. The lowest BCUT2D eigenvalue weighted by atomic mass is 9.95. The van der Waals surface area contributed by atoms with Crippen LogP contribution < -0.4 is 5.32 Å². The van der Waals surface area contributed by atoms with Gasteiger partial charge in [-0.25, -0.2) is 0 Å². The number of halogens is 1. The molecule has 1 fully saturated rings. The zero-order chi connectivity index (χ0) is 8.55. The van der Waals surface area contributed by atoms with E-state index in [0.717, 1.165) is 23.8 Å². The Labute approximate surface area is 77.0 Å². The second-order valence-electron chi connectivity index (χ2n) is 3.20. The first-order chi connectivity index (χ1) is 5.77. The Morgan fingerprint density at radius 1 is 1.58 bits per heavy atom. The molecule has 0 spiro atoms. The van der Waals surface area contributed by atoms with E-state index < -0.39 is 0 Å². The zero-order valence-electron chi connectivity index (χ0n) is 6.97. The normalized spacial score (nSPS) is 17.5. The first-order valence-corrected chi connectivity index (χ1v) is 4.48. The maximum absolute atomic E-state index is 6.07. The molecule has 1 N–H and O–H groups in total. The van der Waals surface area contributed by atoms with Crippen LogP contribution in [0, 0.1) is 6.92 Å². The van der Waals surface area contributed by atoms with Gasteiger partial charge < -0.3 is 5.32 Å². The molecule has 0 unspecified atom stereocenters. The quantitative estimate of drug-likeness (QED) is 0.716. The molecule has 12 heavy (non-hydrogen) atoms. The Morgan fingerprint density at radius 2 is 2.33 bits per heavy atom. The molecule has 1 aromatic heterocycles. The highest BCUT2D eigenvalue weighted by Gasteiger charge is 2.21. The number of nitrogens with one attached hydrogen (secondary N) is 1. The highest BCUT2D eigenvalue weighted by molar-refractivity contribution is 6.31. The summed E-state index contributed by atoms with van der Waals surface area (Å²) in [5.41, 5.74) is 2.16. The number of aryl methyl sites for hydroxylation is 1. The lowest BCUT2D eigenvalue weighted by molar-refractivity contribution is 0.447. The van der Waals surface area contributed by atoms with E-state index >= 15 is 0 Å². The van der Waals surface area contributed by atoms with Crippen LogP contribution in [0.15, 0.2) is 12.3 Å². The van der Waals surface area contributed by atoms with Gasteiger partial charge in [0.2, 0.25) is 0 Å². The first-order valence-electron chi connectivity index (χ1n) is 4.10. The molecule has 1 aromatic rings. The van der Waals surface area contributed by atoms with Gasteiger partial charge in [-0.05, 0) is 18.6 Å². The standard InChI is InChI=1S/C9H11ClN2/c1-6-2-9(10)8(5-12-6)7-3-11-4-7/h2,5,7,11H,3-4H2,1H3. The minimum absolute atomic E-state index is 0.575. The Kier molecular flexibility index (Phi) is 2.03. The third kappa shape index (κ3) is 1.32. The van der Waals surface area contributed by atoms with E-state index in [-0.39, 0.29) is 0 Å². The highest BCUT2D eigenvalue weighted by atomic mass is 35.5. The van der Waals surface area contributed by atoms with Gasteiger partial charge >= 0.3 is 0 Å². The number of pyridine rings is 1. The lowest BCUT2D eigenvalue weighted by Crippen LogP contribution is -2.40. The van der Waals surface area contributed by atoms with E-state index in [2.05, 4.69) is 10.3 Å². The van der Waals surface area contributed by atoms with Gasteiger partial charge in [-0.3, -0.25) is 4.98 Å². The summed E-state index contributed by atoms with van der Waals surface area (Å²) in [6.45, 7) is 4.02. The van der Waals surface area contributed by atoms with Gasteiger partial charge in [0, 0.05) is 35.9 Å². The zero-order valence-corrected chi connectivity index (χ0v) is 7.73. The summed E-state index contributed by atoms with van der Waals surface area (Å²) in [4.78, 5) is 4.23. The Bertz CT molecular complexity index is 295. The SMILES string of the molecule is Cc1cc(Cl)c(C2CNC2)cn1. The van der Waals surface area contributed by atoms with E-state index in [4.69, 9.17) is 11.6 Å². The van der Waals surface area contributed by atoms with Crippen molar-refractivity contribution in [1.29, 1.82) is 0 Å². The molecule has 0 atom stereocenters. The van der Waals surface area contributed by atoms with Crippen molar-refractivity contribution in [1.82, 2.24) is 10.3 Å². The summed E-state index contributed by atoms with van der Waals surface area (Å²) in [5.74, 6) is 0.575. The number of hydrogen-bond acceptors (Lipinski definition) is 2. The van der Waals surface area contributed by atoms with Crippen molar-refractivity contribution >= 4 is 11.6 Å². The van der Waals surface area contributed by atoms with Crippen LogP contribution in [0.4, 0.5) is 0 Å². The topological polar surface area (TPSA) is 24.9 Å². The summed E-state index contributed by atoms with van der Waals surface area (Å²) >= 11 is 6.07. The molecule has 2 heterocycles. The molecule has 2 rings (SSSR count). The van der Waals surface area contributed by atoms with Gasteiger partial charge in [0.15, 0.2) is 0 Å².